The van der Waals surface area contributed by atoms with Crippen LogP contribution in [0.25, 0.3) is 0 Å². The van der Waals surface area contributed by atoms with E-state index in [0.29, 0.717) is 19.6 Å². The summed E-state index contributed by atoms with van der Waals surface area (Å²) < 4.78 is 0.982. The van der Waals surface area contributed by atoms with E-state index in [-0.39, 0.29) is 29.7 Å². The van der Waals surface area contributed by atoms with Crippen LogP contribution in [0.2, 0.25) is 0 Å². The highest BCUT2D eigenvalue weighted by molar-refractivity contribution is 9.10. The van der Waals surface area contributed by atoms with Crippen molar-refractivity contribution in [2.75, 3.05) is 6.54 Å². The van der Waals surface area contributed by atoms with Gasteiger partial charge in [-0.2, -0.15) is 0 Å². The zero-order valence-electron chi connectivity index (χ0n) is 19.5. The predicted octanol–water partition coefficient (Wildman–Crippen LogP) is 3.74. The van der Waals surface area contributed by atoms with Crippen molar-refractivity contribution in [3.63, 3.8) is 0 Å². The number of nitrogens with one attached hydrogen (secondary N) is 1. The number of carbonyl (C=O) groups is 3. The monoisotopic (exact) mass is 523 g/mol. The number of carbonyl (C=O) groups excluding carboxylic acids is 3. The van der Waals surface area contributed by atoms with Gasteiger partial charge in [0, 0.05) is 36.1 Å². The predicted molar refractivity (Wildman–Crippen MR) is 132 cm³/mol. The SMILES string of the molecule is CC(C)C(=O)N1[C@@H]2CC[C@]13CN(Cc1ccccc1)C(=O)[C@@H]3[C@H]2C(=O)NCc1ccc(Br)cc1. The second kappa shape index (κ2) is 8.84. The van der Waals surface area contributed by atoms with Gasteiger partial charge in [-0.1, -0.05) is 72.2 Å². The van der Waals surface area contributed by atoms with E-state index in [1.165, 1.54) is 0 Å². The van der Waals surface area contributed by atoms with E-state index in [2.05, 4.69) is 21.2 Å². The Morgan fingerprint density at radius 1 is 1.09 bits per heavy atom. The summed E-state index contributed by atoms with van der Waals surface area (Å²) in [5, 5.41) is 3.07. The molecule has 6 nitrogen and oxygen atoms in total. The molecule has 3 heterocycles. The molecule has 2 bridgehead atoms. The van der Waals surface area contributed by atoms with E-state index >= 15 is 0 Å². The van der Waals surface area contributed by atoms with Gasteiger partial charge in [0.05, 0.1) is 17.4 Å². The third-order valence-corrected chi connectivity index (χ3v) is 8.24. The number of amides is 3. The molecule has 0 aliphatic carbocycles. The minimum atomic E-state index is -0.586. The van der Waals surface area contributed by atoms with Crippen LogP contribution in [0.1, 0.15) is 37.8 Å². The van der Waals surface area contributed by atoms with Crippen molar-refractivity contribution in [3.8, 4) is 0 Å². The normalized spacial score (nSPS) is 27.4. The minimum absolute atomic E-state index is 0.00333. The lowest BCUT2D eigenvalue weighted by atomic mass is 9.72. The third-order valence-electron chi connectivity index (χ3n) is 7.71. The molecule has 1 N–H and O–H groups in total. The molecule has 5 rings (SSSR count). The summed E-state index contributed by atoms with van der Waals surface area (Å²) in [6.45, 7) is 5.19. The number of hydrogen-bond acceptors (Lipinski definition) is 3. The largest absolute Gasteiger partial charge is 0.352 e. The zero-order chi connectivity index (χ0) is 24.0. The molecule has 0 unspecified atom stereocenters. The van der Waals surface area contributed by atoms with E-state index in [0.717, 1.165) is 28.4 Å². The lowest BCUT2D eigenvalue weighted by Gasteiger charge is -2.35. The first-order chi connectivity index (χ1) is 16.3. The Kier molecular flexibility index (Phi) is 6.00. The lowest BCUT2D eigenvalue weighted by molar-refractivity contribution is -0.140. The quantitative estimate of drug-likeness (QED) is 0.626. The molecular formula is C27H30BrN3O3. The number of benzene rings is 2. The molecule has 0 aromatic heterocycles. The Hall–Kier alpha value is -2.67. The fraction of sp³-hybridized carbons (Fsp3) is 0.444. The van der Waals surface area contributed by atoms with Crippen LogP contribution < -0.4 is 5.32 Å². The number of rotatable bonds is 6. The number of likely N-dealkylation sites (tertiary alicyclic amines) is 1. The van der Waals surface area contributed by atoms with E-state index < -0.39 is 17.4 Å². The van der Waals surface area contributed by atoms with Gasteiger partial charge in [0.1, 0.15) is 0 Å². The molecule has 2 aromatic rings. The van der Waals surface area contributed by atoms with Crippen molar-refractivity contribution in [1.29, 1.82) is 0 Å². The third kappa shape index (κ3) is 3.74. The van der Waals surface area contributed by atoms with Gasteiger partial charge in [0.15, 0.2) is 0 Å². The van der Waals surface area contributed by atoms with Gasteiger partial charge in [0.2, 0.25) is 17.7 Å². The van der Waals surface area contributed by atoms with Crippen molar-refractivity contribution in [2.24, 2.45) is 17.8 Å². The Morgan fingerprint density at radius 2 is 1.79 bits per heavy atom. The minimum Gasteiger partial charge on any atom is -0.352 e. The van der Waals surface area contributed by atoms with E-state index in [1.54, 1.807) is 0 Å². The fourth-order valence-electron chi connectivity index (χ4n) is 6.26. The molecule has 3 aliphatic rings. The van der Waals surface area contributed by atoms with Gasteiger partial charge in [-0.25, -0.2) is 0 Å². The van der Waals surface area contributed by atoms with Crippen LogP contribution in [-0.2, 0) is 27.5 Å². The highest BCUT2D eigenvalue weighted by Crippen LogP contribution is 2.58. The summed E-state index contributed by atoms with van der Waals surface area (Å²) in [5.41, 5.74) is 1.46. The Morgan fingerprint density at radius 3 is 2.47 bits per heavy atom. The smallest absolute Gasteiger partial charge is 0.229 e. The molecule has 1 spiro atoms. The van der Waals surface area contributed by atoms with Gasteiger partial charge < -0.3 is 15.1 Å². The van der Waals surface area contributed by atoms with Crippen LogP contribution in [0.3, 0.4) is 0 Å². The van der Waals surface area contributed by atoms with Crippen LogP contribution in [0, 0.1) is 17.8 Å². The van der Waals surface area contributed by atoms with E-state index in [4.69, 9.17) is 0 Å². The maximum atomic E-state index is 13.7. The summed E-state index contributed by atoms with van der Waals surface area (Å²) in [6.07, 6.45) is 1.53. The van der Waals surface area contributed by atoms with Crippen molar-refractivity contribution >= 4 is 33.7 Å². The number of fused-ring (bicyclic) bond motifs is 1. The number of nitrogens with zero attached hydrogens (tertiary/aromatic N) is 2. The lowest BCUT2D eigenvalue weighted by Crippen LogP contribution is -2.51. The molecule has 7 heteroatoms. The summed E-state index contributed by atoms with van der Waals surface area (Å²) in [7, 11) is 0. The second-order valence-corrected chi connectivity index (χ2v) is 11.0. The molecule has 0 radical (unpaired) electrons. The average Bonchev–Trinajstić information content (AvgIpc) is 3.42. The first-order valence-electron chi connectivity index (χ1n) is 12.0. The topological polar surface area (TPSA) is 69.7 Å². The highest BCUT2D eigenvalue weighted by atomic mass is 79.9. The van der Waals surface area contributed by atoms with Crippen molar-refractivity contribution in [1.82, 2.24) is 15.1 Å². The second-order valence-electron chi connectivity index (χ2n) is 10.1. The van der Waals surface area contributed by atoms with Crippen LogP contribution >= 0.6 is 15.9 Å². The van der Waals surface area contributed by atoms with Crippen molar-refractivity contribution < 1.29 is 14.4 Å². The molecule has 178 valence electrons. The van der Waals surface area contributed by atoms with Crippen LogP contribution in [0.4, 0.5) is 0 Å². The fourth-order valence-corrected chi connectivity index (χ4v) is 6.52. The molecule has 3 saturated heterocycles. The Balaban J connectivity index is 1.43. The summed E-state index contributed by atoms with van der Waals surface area (Å²) >= 11 is 3.43. The van der Waals surface area contributed by atoms with Crippen LogP contribution in [-0.4, -0.2) is 45.6 Å². The Labute approximate surface area is 208 Å². The van der Waals surface area contributed by atoms with E-state index in [9.17, 15) is 14.4 Å². The van der Waals surface area contributed by atoms with Gasteiger partial charge in [0.25, 0.3) is 0 Å². The molecule has 2 aromatic carbocycles. The standard InChI is InChI=1S/C27H30BrN3O3/c1-17(2)25(33)31-21-12-13-27(31)16-30(15-19-6-4-3-5-7-19)26(34)23(27)22(21)24(32)29-14-18-8-10-20(28)11-9-18/h3-11,17,21-23H,12-16H2,1-2H3,(H,29,32)/t21-,22+,23+,27-/m1/s1. The summed E-state index contributed by atoms with van der Waals surface area (Å²) in [4.78, 5) is 44.4. The molecular weight excluding hydrogens is 494 g/mol. The maximum absolute atomic E-state index is 13.7. The van der Waals surface area contributed by atoms with E-state index in [1.807, 2.05) is 78.2 Å². The van der Waals surface area contributed by atoms with Crippen molar-refractivity contribution in [2.45, 2.75) is 51.4 Å². The van der Waals surface area contributed by atoms with Gasteiger partial charge in [-0.3, -0.25) is 14.4 Å². The number of hydrogen-bond donors (Lipinski definition) is 1. The maximum Gasteiger partial charge on any atom is 0.229 e. The first-order valence-corrected chi connectivity index (χ1v) is 12.8. The Bertz CT molecular complexity index is 1100. The first kappa shape index (κ1) is 23.1. The molecule has 3 fully saturated rings. The zero-order valence-corrected chi connectivity index (χ0v) is 21.1. The average molecular weight is 524 g/mol. The van der Waals surface area contributed by atoms with Gasteiger partial charge in [-0.15, -0.1) is 0 Å². The molecule has 4 atom stereocenters. The summed E-state index contributed by atoms with van der Waals surface area (Å²) in [6, 6.07) is 17.5. The van der Waals surface area contributed by atoms with Crippen LogP contribution in [0.15, 0.2) is 59.1 Å². The van der Waals surface area contributed by atoms with Gasteiger partial charge in [-0.05, 0) is 36.1 Å². The molecule has 0 saturated carbocycles. The molecule has 34 heavy (non-hydrogen) atoms. The van der Waals surface area contributed by atoms with Crippen LogP contribution in [0.5, 0.6) is 0 Å². The van der Waals surface area contributed by atoms with Gasteiger partial charge >= 0.3 is 0 Å². The molecule has 3 amide bonds. The molecule has 3 aliphatic heterocycles. The summed E-state index contributed by atoms with van der Waals surface area (Å²) in [5.74, 6) is -1.26. The highest BCUT2D eigenvalue weighted by Gasteiger charge is 2.72. The number of halogens is 1. The van der Waals surface area contributed by atoms with Crippen molar-refractivity contribution in [3.05, 3.63) is 70.2 Å².